The number of hydrogen-bond donors (Lipinski definition) is 11. The molecule has 6 atom stereocenters. The van der Waals surface area contributed by atoms with Gasteiger partial charge in [-0.2, -0.15) is 0 Å². The highest BCUT2D eigenvalue weighted by atomic mass is 19.1. The largest absolute Gasteiger partial charge is 0.481 e. The first kappa shape index (κ1) is 96.7. The number of nitrogens with one attached hydrogen (secondary N) is 5. The highest BCUT2D eigenvalue weighted by molar-refractivity contribution is 6.14. The van der Waals surface area contributed by atoms with Crippen LogP contribution in [0.25, 0.3) is 67.5 Å². The number of carboxylic acid groups (broad SMARTS) is 1. The van der Waals surface area contributed by atoms with Crippen molar-refractivity contribution in [2.24, 2.45) is 0 Å². The number of aromatic nitrogens is 9. The zero-order chi connectivity index (χ0) is 96.2. The number of para-hydroxylation sites is 5. The third-order valence-electron chi connectivity index (χ3n) is 23.0. The molecule has 0 saturated carbocycles. The summed E-state index contributed by atoms with van der Waals surface area (Å²) in [5, 5.41) is 66.1. The topological polar surface area (TPSA) is 400 Å². The molecule has 2 aliphatic rings. The van der Waals surface area contributed by atoms with Gasteiger partial charge in [-0.05, 0) is 199 Å². The lowest BCUT2D eigenvalue weighted by molar-refractivity contribution is -0.161. The number of amides is 3. The number of benzene rings is 8. The molecule has 16 rings (SSSR count). The molecule has 31 heteroatoms. The van der Waals surface area contributed by atoms with Crippen LogP contribution in [0.1, 0.15) is 165 Å². The number of aliphatic hydroxyl groups excluding tert-OH is 4. The number of esters is 2. The molecular weight excluding hydrogens is 1740 g/mol. The SMILES string of the molecule is CC(C)c1c(C(=O)Nc2ccccc2)c(-c2ccnc(N)n2)c(-c2ccc(F)cc2)n1CCC1CC(O)CC(=O)O1.CC(C)c1c(C(=O)Nc2ccccc2)c(-c2ccnc(Nc3ccccc3)n2)c(-c2ccc(F)cc2)n1CCC(O)CC(O)CC(=O)O.CC(C)c1c(C(=O)Nc2ccccc2)c(-c2ccnc(Nc3ccccc3)n2)c(-c2ccc(F)cc2)n1CCC1CC(O)CC(=O)O1. The molecule has 136 heavy (non-hydrogen) atoms. The summed E-state index contributed by atoms with van der Waals surface area (Å²) in [4.78, 5) is 105. The van der Waals surface area contributed by atoms with Crippen molar-refractivity contribution in [1.29, 1.82) is 0 Å². The zero-order valence-corrected chi connectivity index (χ0v) is 75.7. The van der Waals surface area contributed by atoms with Gasteiger partial charge in [0.2, 0.25) is 17.8 Å². The number of hydrogen-bond acceptors (Lipinski definition) is 21. The molecule has 2 fully saturated rings. The summed E-state index contributed by atoms with van der Waals surface area (Å²) in [7, 11) is 0. The Bertz CT molecular complexity index is 6490. The Morgan fingerprint density at radius 3 is 1.04 bits per heavy atom. The number of nitrogen functional groups attached to an aromatic ring is 1. The van der Waals surface area contributed by atoms with Crippen LogP contribution in [0.5, 0.6) is 0 Å². The van der Waals surface area contributed by atoms with Crippen molar-refractivity contribution in [3.8, 4) is 67.5 Å². The Morgan fingerprint density at radius 1 is 0.419 bits per heavy atom. The molecule has 8 aromatic carbocycles. The van der Waals surface area contributed by atoms with Crippen molar-refractivity contribution < 1.29 is 76.9 Å². The highest BCUT2D eigenvalue weighted by Gasteiger charge is 2.38. The predicted octanol–water partition coefficient (Wildman–Crippen LogP) is 19.3. The van der Waals surface area contributed by atoms with Crippen LogP contribution in [0.3, 0.4) is 0 Å². The van der Waals surface area contributed by atoms with Crippen molar-refractivity contribution in [3.05, 3.63) is 312 Å². The summed E-state index contributed by atoms with van der Waals surface area (Å²) < 4.78 is 59.7. The van der Waals surface area contributed by atoms with Gasteiger partial charge in [0.25, 0.3) is 17.7 Å². The number of aliphatic carboxylic acids is 1. The van der Waals surface area contributed by atoms with Crippen LogP contribution in [-0.2, 0) is 43.5 Å². The standard InChI is InChI=1S/C37H38FN5O5.C37H36FN5O4.C31H32FN5O4/c1-23(2)34-33(36(48)40-26-9-5-3-6-10-26)32(30-17-19-39-37(42-30)41-27-11-7-4-8-12-27)35(24-13-15-25(38)16-14-24)43(34)20-18-28(44)21-29(45)22-31(46)47;1-23(2)34-33(36(46)40-26-9-5-3-6-10-26)32(30-17-19-39-37(42-30)41-27-11-7-4-8-12-27)35(24-13-15-25(38)16-14-24)43(34)20-18-29-21-28(44)22-31(45)47-29;1-18(2)28-27(30(40)35-21-6-4-3-5-7-21)26(24-12-14-34-31(33)36-24)29(19-8-10-20(32)11-9-19)37(28)15-13-23-16-22(38)17-25(39)41-23/h3-17,19,23,28-29,44-45H,18,20-22H2,1-2H3,(H,40,48)(H,46,47)(H,39,41,42);3-17,19,23,28-29,44H,18,20-22H2,1-2H3,(H,40,46)(H,39,41,42);3-12,14,18,22-23,38H,13,15-17H2,1-2H3,(H,35,40)(H2,33,34,36). The summed E-state index contributed by atoms with van der Waals surface area (Å²) in [5.74, 6) is -4.07. The molecule has 12 N–H and O–H groups in total. The first-order valence-electron chi connectivity index (χ1n) is 45.0. The molecule has 0 radical (unpaired) electrons. The molecule has 6 unspecified atom stereocenters. The molecule has 700 valence electrons. The number of ether oxygens (including phenoxy) is 2. The van der Waals surface area contributed by atoms with E-state index >= 15 is 0 Å². The van der Waals surface area contributed by atoms with Crippen LogP contribution in [0.4, 0.5) is 59.5 Å². The van der Waals surface area contributed by atoms with Crippen LogP contribution in [-0.4, -0.2) is 141 Å². The Labute approximate surface area is 784 Å². The summed E-state index contributed by atoms with van der Waals surface area (Å²) in [5.41, 5.74) is 19.6. The van der Waals surface area contributed by atoms with Gasteiger partial charge in [-0.1, -0.05) is 133 Å². The maximum absolute atomic E-state index is 14.4. The predicted molar refractivity (Wildman–Crippen MR) is 515 cm³/mol. The lowest BCUT2D eigenvalue weighted by Gasteiger charge is -2.27. The minimum atomic E-state index is -1.22. The molecule has 8 heterocycles. The van der Waals surface area contributed by atoms with E-state index in [0.717, 1.165) is 22.8 Å². The van der Waals surface area contributed by atoms with E-state index in [1.165, 1.54) is 42.6 Å². The van der Waals surface area contributed by atoms with Crippen molar-refractivity contribution in [1.82, 2.24) is 43.6 Å². The number of nitrogens with two attached hydrogens (primary N) is 1. The van der Waals surface area contributed by atoms with Gasteiger partial charge in [0, 0.05) is 126 Å². The molecule has 0 aliphatic carbocycles. The van der Waals surface area contributed by atoms with Gasteiger partial charge < -0.3 is 81.0 Å². The summed E-state index contributed by atoms with van der Waals surface area (Å²) >= 11 is 0. The van der Waals surface area contributed by atoms with E-state index in [0.29, 0.717) is 158 Å². The van der Waals surface area contributed by atoms with Crippen molar-refractivity contribution >= 4 is 81.9 Å². The first-order chi connectivity index (χ1) is 65.6. The van der Waals surface area contributed by atoms with Gasteiger partial charge in [-0.15, -0.1) is 0 Å². The lowest BCUT2D eigenvalue weighted by atomic mass is 9.97. The number of carbonyl (C=O) groups excluding carboxylic acids is 5. The van der Waals surface area contributed by atoms with E-state index < -0.39 is 72.6 Å². The molecule has 14 aromatic rings. The summed E-state index contributed by atoms with van der Waals surface area (Å²) in [6.45, 7) is 12.8. The van der Waals surface area contributed by atoms with Crippen molar-refractivity contribution in [3.63, 3.8) is 0 Å². The zero-order valence-electron chi connectivity index (χ0n) is 75.7. The normalized spacial score (nSPS) is 15.1. The average molecular weight is 1840 g/mol. The number of rotatable bonds is 32. The van der Waals surface area contributed by atoms with Gasteiger partial charge in [0.1, 0.15) is 29.7 Å². The second-order valence-electron chi connectivity index (χ2n) is 34.1. The molecule has 2 saturated heterocycles. The Kier molecular flexibility index (Phi) is 32.0. The summed E-state index contributed by atoms with van der Waals surface area (Å²) in [6, 6.07) is 69.6. The first-order valence-corrected chi connectivity index (χ1v) is 45.0. The fourth-order valence-corrected chi connectivity index (χ4v) is 17.3. The molecule has 6 aromatic heterocycles. The maximum atomic E-state index is 14.4. The lowest BCUT2D eigenvalue weighted by Crippen LogP contribution is -2.33. The highest BCUT2D eigenvalue weighted by Crippen LogP contribution is 2.47. The minimum Gasteiger partial charge on any atom is -0.481 e. The number of cyclic esters (lactones) is 2. The number of anilines is 8. The van der Waals surface area contributed by atoms with Gasteiger partial charge >= 0.3 is 17.9 Å². The molecule has 0 bridgehead atoms. The maximum Gasteiger partial charge on any atom is 0.308 e. The van der Waals surface area contributed by atoms with Crippen LogP contribution in [0, 0.1) is 17.5 Å². The minimum absolute atomic E-state index is 0.0266. The van der Waals surface area contributed by atoms with E-state index in [9.17, 15) is 62.4 Å². The Morgan fingerprint density at radius 2 is 0.728 bits per heavy atom. The monoisotopic (exact) mass is 1840 g/mol. The second kappa shape index (κ2) is 44.9. The number of nitrogens with zero attached hydrogens (tertiary/aromatic N) is 9. The third-order valence-corrected chi connectivity index (χ3v) is 23.0. The Hall–Kier alpha value is -15.3. The van der Waals surface area contributed by atoms with E-state index in [1.807, 2.05) is 183 Å². The smallest absolute Gasteiger partial charge is 0.308 e. The van der Waals surface area contributed by atoms with Gasteiger partial charge in [0.15, 0.2) is 0 Å². The van der Waals surface area contributed by atoms with Crippen LogP contribution < -0.4 is 32.3 Å². The fraction of sp³-hybridized carbons (Fsp3) is 0.257. The van der Waals surface area contributed by atoms with E-state index in [4.69, 9.17) is 30.3 Å². The van der Waals surface area contributed by atoms with Gasteiger partial charge in [-0.3, -0.25) is 28.8 Å². The van der Waals surface area contributed by atoms with E-state index in [1.54, 1.807) is 91.3 Å². The number of carbonyl (C=O) groups is 6. The Balaban J connectivity index is 0.000000164. The summed E-state index contributed by atoms with van der Waals surface area (Å²) in [6.07, 6.45) is 0.894. The average Bonchev–Trinajstić information content (AvgIpc) is 1.60. The van der Waals surface area contributed by atoms with Crippen LogP contribution in [0.15, 0.2) is 261 Å². The number of carboxylic acids is 1. The van der Waals surface area contributed by atoms with Crippen LogP contribution >= 0.6 is 0 Å². The molecule has 0 spiro atoms. The number of halogens is 3. The van der Waals surface area contributed by atoms with E-state index in [2.05, 4.69) is 46.5 Å². The molecule has 28 nitrogen and oxygen atoms in total. The molecular formula is C105H106F3N15O13. The quantitative estimate of drug-likeness (QED) is 0.0174. The van der Waals surface area contributed by atoms with Gasteiger partial charge in [-0.25, -0.2) is 43.1 Å². The van der Waals surface area contributed by atoms with Crippen LogP contribution in [0.2, 0.25) is 0 Å². The van der Waals surface area contributed by atoms with Crippen molar-refractivity contribution in [2.45, 2.75) is 173 Å². The van der Waals surface area contributed by atoms with Gasteiger partial charge in [0.05, 0.1) is 94.5 Å². The number of aliphatic hydroxyl groups is 4. The third kappa shape index (κ3) is 24.4. The van der Waals surface area contributed by atoms with Crippen molar-refractivity contribution in [2.75, 3.05) is 32.3 Å². The molecule has 2 aliphatic heterocycles. The second-order valence-corrected chi connectivity index (χ2v) is 34.1. The molecule has 3 amide bonds. The fourth-order valence-electron chi connectivity index (χ4n) is 17.3. The van der Waals surface area contributed by atoms with E-state index in [-0.39, 0.29) is 79.5 Å².